The molecule has 0 aliphatic carbocycles. The molecular formula is C52H51N7O11. The molecule has 5 amide bonds. The molecule has 4 atom stereocenters. The van der Waals surface area contributed by atoms with Crippen LogP contribution >= 0.6 is 0 Å². The predicted octanol–water partition coefficient (Wildman–Crippen LogP) is 5.36. The third-order valence-corrected chi connectivity index (χ3v) is 12.7. The van der Waals surface area contributed by atoms with E-state index in [1.807, 2.05) is 53.4 Å². The number of aliphatic carboxylic acids is 1. The molecule has 5 N–H and O–H groups in total. The van der Waals surface area contributed by atoms with E-state index in [0.29, 0.717) is 69.6 Å². The smallest absolute Gasteiger partial charge is 0.305 e. The first-order chi connectivity index (χ1) is 33.8. The van der Waals surface area contributed by atoms with Gasteiger partial charge in [0.1, 0.15) is 25.3 Å². The molecule has 0 bridgehead atoms. The zero-order chi connectivity index (χ0) is 49.2. The Kier molecular flexibility index (Phi) is 13.1. The molecule has 0 saturated heterocycles. The van der Waals surface area contributed by atoms with Gasteiger partial charge in [0.15, 0.2) is 23.0 Å². The summed E-state index contributed by atoms with van der Waals surface area (Å²) in [4.78, 5) is 86.9. The van der Waals surface area contributed by atoms with Crippen molar-refractivity contribution >= 4 is 64.5 Å². The maximum absolute atomic E-state index is 14.1. The SMILES string of the molecule is COc1cc2c(cc1OCc1cc(COc3cc4c(cc3OC)C(=O)N3c5ccccc5C[C@H]3CN4)cc(C(=O)N[C@@H](C)C(=O)N[C@@H](C)C(=O)NCCC(=O)O)c1)N=C[C@@H]1Cc3ccccc3N1C2=O. The van der Waals surface area contributed by atoms with Crippen LogP contribution in [0.15, 0.2) is 96.0 Å². The van der Waals surface area contributed by atoms with E-state index < -0.39 is 35.8 Å². The summed E-state index contributed by atoms with van der Waals surface area (Å²) in [6.07, 6.45) is 2.84. The molecule has 9 rings (SSSR count). The number of carboxylic acid groups (broad SMARTS) is 1. The lowest BCUT2D eigenvalue weighted by Crippen LogP contribution is -2.51. The number of nitrogens with one attached hydrogen (secondary N) is 4. The van der Waals surface area contributed by atoms with Gasteiger partial charge in [-0.2, -0.15) is 0 Å². The van der Waals surface area contributed by atoms with Gasteiger partial charge in [-0.15, -0.1) is 0 Å². The highest BCUT2D eigenvalue weighted by Gasteiger charge is 2.39. The molecule has 0 spiro atoms. The molecule has 4 aliphatic rings. The first-order valence-electron chi connectivity index (χ1n) is 22.8. The number of hydrogen-bond donors (Lipinski definition) is 5. The van der Waals surface area contributed by atoms with Gasteiger partial charge in [0, 0.05) is 54.8 Å². The van der Waals surface area contributed by atoms with Gasteiger partial charge in [0.2, 0.25) is 11.8 Å². The number of carboxylic acids is 1. The summed E-state index contributed by atoms with van der Waals surface area (Å²) in [6, 6.07) is 24.9. The number of para-hydroxylation sites is 2. The standard InChI is InChI=1S/C52H51N7O11/c1-28(48(62)53-14-13-47(60)61)56-49(63)29(2)57-50(64)34-16-30(26-69-45-22-39-37(20-43(45)67-3)51(65)58-35(24-54-39)18-32-9-5-7-11-41(32)58)15-31(17-34)27-70-46-23-40-38(21-44(46)68-4)52(66)59-36(25-55-40)19-33-10-6-8-12-42(33)59/h5-12,15-17,20-24,28-29,35-36,55H,13-14,18-19,25-27H2,1-4H3,(H,53,62)(H,56,63)(H,57,64)(H,60,61)/t28-,29-,35-,36-/m0/s1. The van der Waals surface area contributed by atoms with E-state index in [9.17, 15) is 28.8 Å². The zero-order valence-corrected chi connectivity index (χ0v) is 38.9. The topological polar surface area (TPSA) is 227 Å². The van der Waals surface area contributed by atoms with Crippen LogP contribution in [0, 0.1) is 0 Å². The Balaban J connectivity index is 0.962. The monoisotopic (exact) mass is 949 g/mol. The average molecular weight is 950 g/mol. The van der Waals surface area contributed by atoms with Crippen LogP contribution in [-0.4, -0.2) is 98.3 Å². The average Bonchev–Trinajstić information content (AvgIpc) is 3.85. The third-order valence-electron chi connectivity index (χ3n) is 12.7. The zero-order valence-electron chi connectivity index (χ0n) is 38.9. The van der Waals surface area contributed by atoms with Gasteiger partial charge in [-0.05, 0) is 85.0 Å². The molecule has 70 heavy (non-hydrogen) atoms. The molecule has 0 aromatic heterocycles. The van der Waals surface area contributed by atoms with Gasteiger partial charge in [0.05, 0.1) is 55.2 Å². The van der Waals surface area contributed by atoms with Gasteiger partial charge in [-0.1, -0.05) is 36.4 Å². The molecule has 18 heteroatoms. The second kappa shape index (κ2) is 19.7. The molecule has 0 fully saturated rings. The van der Waals surface area contributed by atoms with Crippen molar-refractivity contribution in [2.24, 2.45) is 4.99 Å². The normalized spacial score (nSPS) is 16.9. The van der Waals surface area contributed by atoms with E-state index in [1.165, 1.54) is 28.1 Å². The highest BCUT2D eigenvalue weighted by atomic mass is 16.5. The third kappa shape index (κ3) is 9.39. The molecule has 0 radical (unpaired) electrons. The summed E-state index contributed by atoms with van der Waals surface area (Å²) < 4.78 is 24.2. The Morgan fingerprint density at radius 1 is 0.729 bits per heavy atom. The van der Waals surface area contributed by atoms with Gasteiger partial charge >= 0.3 is 5.97 Å². The van der Waals surface area contributed by atoms with E-state index in [1.54, 1.807) is 53.6 Å². The number of ether oxygens (including phenoxy) is 4. The number of fused-ring (bicyclic) bond motifs is 8. The fourth-order valence-corrected chi connectivity index (χ4v) is 9.18. The number of methoxy groups -OCH3 is 2. The fraction of sp³-hybridized carbons (Fsp3) is 0.288. The van der Waals surface area contributed by atoms with E-state index in [4.69, 9.17) is 29.0 Å². The quantitative estimate of drug-likeness (QED) is 0.0843. The lowest BCUT2D eigenvalue weighted by Gasteiger charge is -2.22. The maximum atomic E-state index is 14.1. The summed E-state index contributed by atoms with van der Waals surface area (Å²) in [5, 5.41) is 20.0. The van der Waals surface area contributed by atoms with E-state index in [0.717, 1.165) is 28.9 Å². The number of rotatable bonds is 16. The van der Waals surface area contributed by atoms with E-state index in [2.05, 4.69) is 21.3 Å². The summed E-state index contributed by atoms with van der Waals surface area (Å²) in [5.41, 5.74) is 6.89. The molecule has 0 saturated carbocycles. The Labute approximate surface area is 402 Å². The van der Waals surface area contributed by atoms with Crippen LogP contribution in [0.2, 0.25) is 0 Å². The lowest BCUT2D eigenvalue weighted by atomic mass is 10.0. The Bertz CT molecular complexity index is 2970. The van der Waals surface area contributed by atoms with Crippen LogP contribution in [0.5, 0.6) is 23.0 Å². The maximum Gasteiger partial charge on any atom is 0.305 e. The Hall–Kier alpha value is -8.41. The molecule has 4 aliphatic heterocycles. The van der Waals surface area contributed by atoms with Crippen molar-refractivity contribution in [3.8, 4) is 23.0 Å². The van der Waals surface area contributed by atoms with Gasteiger partial charge in [-0.25, -0.2) is 0 Å². The summed E-state index contributed by atoms with van der Waals surface area (Å²) in [6.45, 7) is 3.16. The van der Waals surface area contributed by atoms with Crippen molar-refractivity contribution in [2.75, 3.05) is 42.4 Å². The number of anilines is 3. The minimum absolute atomic E-state index is 0.0658. The van der Waals surface area contributed by atoms with Crippen LogP contribution in [-0.2, 0) is 40.4 Å². The van der Waals surface area contributed by atoms with Crippen LogP contribution in [0.25, 0.3) is 0 Å². The van der Waals surface area contributed by atoms with Crippen LogP contribution in [0.4, 0.5) is 22.7 Å². The number of benzene rings is 5. The molecule has 0 unspecified atom stereocenters. The first-order valence-corrected chi connectivity index (χ1v) is 22.8. The second-order valence-electron chi connectivity index (χ2n) is 17.4. The van der Waals surface area contributed by atoms with Gasteiger partial charge < -0.3 is 50.2 Å². The molecule has 4 heterocycles. The van der Waals surface area contributed by atoms with Gasteiger partial charge in [0.25, 0.3) is 17.7 Å². The number of amides is 5. The van der Waals surface area contributed by atoms with Crippen LogP contribution in [0.3, 0.4) is 0 Å². The van der Waals surface area contributed by atoms with Crippen molar-refractivity contribution in [2.45, 2.75) is 70.5 Å². The molecule has 5 aromatic carbocycles. The Morgan fingerprint density at radius 2 is 1.33 bits per heavy atom. The number of carbonyl (C=O) groups excluding carboxylic acids is 5. The number of carbonyl (C=O) groups is 6. The molecule has 360 valence electrons. The molecular weight excluding hydrogens is 899 g/mol. The summed E-state index contributed by atoms with van der Waals surface area (Å²) >= 11 is 0. The van der Waals surface area contributed by atoms with Crippen molar-refractivity contribution in [1.29, 1.82) is 0 Å². The minimum atomic E-state index is -1.10. The van der Waals surface area contributed by atoms with Crippen molar-refractivity contribution in [3.05, 3.63) is 130 Å². The van der Waals surface area contributed by atoms with Crippen LogP contribution in [0.1, 0.15) is 73.6 Å². The van der Waals surface area contributed by atoms with Gasteiger partial charge in [-0.3, -0.25) is 38.7 Å². The predicted molar refractivity (Wildman–Crippen MR) is 259 cm³/mol. The van der Waals surface area contributed by atoms with Crippen molar-refractivity contribution in [1.82, 2.24) is 16.0 Å². The summed E-state index contributed by atoms with van der Waals surface area (Å²) in [7, 11) is 2.96. The second-order valence-corrected chi connectivity index (χ2v) is 17.4. The first kappa shape index (κ1) is 46.7. The lowest BCUT2D eigenvalue weighted by molar-refractivity contribution is -0.137. The van der Waals surface area contributed by atoms with Crippen molar-refractivity contribution in [3.63, 3.8) is 0 Å². The molecule has 18 nitrogen and oxygen atoms in total. The Morgan fingerprint density at radius 3 is 2.00 bits per heavy atom. The van der Waals surface area contributed by atoms with Crippen molar-refractivity contribution < 1.29 is 52.8 Å². The fourth-order valence-electron chi connectivity index (χ4n) is 9.18. The number of aliphatic imine (C=N–C) groups is 1. The number of hydrogen-bond acceptors (Lipinski definition) is 12. The van der Waals surface area contributed by atoms with E-state index >= 15 is 0 Å². The highest BCUT2D eigenvalue weighted by molar-refractivity contribution is 6.15. The summed E-state index contributed by atoms with van der Waals surface area (Å²) in [5.74, 6) is -2.04. The van der Waals surface area contributed by atoms with E-state index in [-0.39, 0.29) is 55.6 Å². The largest absolute Gasteiger partial charge is 0.493 e. The molecule has 5 aromatic rings. The van der Waals surface area contributed by atoms with Crippen LogP contribution < -0.4 is 50.0 Å². The highest BCUT2D eigenvalue weighted by Crippen LogP contribution is 2.43. The minimum Gasteiger partial charge on any atom is -0.493 e. The number of nitrogens with zero attached hydrogens (tertiary/aromatic N) is 3.